The van der Waals surface area contributed by atoms with Crippen LogP contribution in [-0.2, 0) is 7.05 Å². The number of aromatic nitrogens is 5. The molecule has 1 aliphatic rings. The van der Waals surface area contributed by atoms with E-state index in [1.807, 2.05) is 42.6 Å². The van der Waals surface area contributed by atoms with Gasteiger partial charge in [0.25, 0.3) is 5.91 Å². The number of carbonyl (C=O) groups excluding carboxylic acids is 1. The number of carbonyl (C=O) groups is 1. The van der Waals surface area contributed by atoms with Crippen molar-refractivity contribution >= 4 is 45.4 Å². The topological polar surface area (TPSA) is 80.0 Å². The van der Waals surface area contributed by atoms with Crippen molar-refractivity contribution in [1.29, 1.82) is 0 Å². The minimum absolute atomic E-state index is 0.0512. The smallest absolute Gasteiger partial charge is 0.265 e. The summed E-state index contributed by atoms with van der Waals surface area (Å²) >= 11 is 3.09. The maximum atomic E-state index is 12.9. The fourth-order valence-corrected chi connectivity index (χ4v) is 5.21. The Bertz CT molecular complexity index is 1170. The van der Waals surface area contributed by atoms with Gasteiger partial charge in [-0.1, -0.05) is 6.07 Å². The molecule has 1 saturated heterocycles. The lowest BCUT2D eigenvalue weighted by atomic mass is 10.2. The third-order valence-electron chi connectivity index (χ3n) is 5.00. The van der Waals surface area contributed by atoms with Gasteiger partial charge in [-0.2, -0.15) is 5.10 Å². The summed E-state index contributed by atoms with van der Waals surface area (Å²) < 4.78 is 1.77. The summed E-state index contributed by atoms with van der Waals surface area (Å²) in [6, 6.07) is 4.02. The van der Waals surface area contributed by atoms with Gasteiger partial charge in [0, 0.05) is 33.2 Å². The highest BCUT2D eigenvalue weighted by Gasteiger charge is 2.26. The first-order chi connectivity index (χ1) is 14.1. The first-order valence-corrected chi connectivity index (χ1v) is 11.0. The Labute approximate surface area is 175 Å². The van der Waals surface area contributed by atoms with Crippen molar-refractivity contribution in [3.05, 3.63) is 40.6 Å². The number of anilines is 1. The molecule has 29 heavy (non-hydrogen) atoms. The molecular formula is C19H19N7OS2. The average molecular weight is 426 g/mol. The standard InChI is InChI=1S/C19H19N7OS2/c1-12-22-16-13(10-21-24(16)2)17(23-12)25-5-7-26(8-6-25)19(27)15-11-20-18(29-15)14-4-3-9-28-14/h3-4,9-11H,5-8H2,1-2H3. The zero-order valence-corrected chi connectivity index (χ0v) is 17.7. The van der Waals surface area contributed by atoms with Gasteiger partial charge in [0.15, 0.2) is 5.65 Å². The van der Waals surface area contributed by atoms with Crippen molar-refractivity contribution < 1.29 is 4.79 Å². The van der Waals surface area contributed by atoms with Gasteiger partial charge in [-0.05, 0) is 18.4 Å². The number of hydrogen-bond acceptors (Lipinski definition) is 8. The van der Waals surface area contributed by atoms with Crippen molar-refractivity contribution in [2.45, 2.75) is 6.92 Å². The lowest BCUT2D eigenvalue weighted by Crippen LogP contribution is -2.49. The summed E-state index contributed by atoms with van der Waals surface area (Å²) in [7, 11) is 1.88. The van der Waals surface area contributed by atoms with Crippen LogP contribution in [0.25, 0.3) is 20.9 Å². The number of nitrogens with zero attached hydrogens (tertiary/aromatic N) is 7. The molecule has 0 bridgehead atoms. The lowest BCUT2D eigenvalue weighted by Gasteiger charge is -2.35. The van der Waals surface area contributed by atoms with Crippen LogP contribution in [0.15, 0.2) is 29.9 Å². The largest absolute Gasteiger partial charge is 0.352 e. The van der Waals surface area contributed by atoms with Crippen LogP contribution in [0.2, 0.25) is 0 Å². The van der Waals surface area contributed by atoms with Crippen molar-refractivity contribution in [2.24, 2.45) is 7.05 Å². The zero-order valence-electron chi connectivity index (χ0n) is 16.1. The Balaban J connectivity index is 1.31. The van der Waals surface area contributed by atoms with E-state index >= 15 is 0 Å². The van der Waals surface area contributed by atoms with Gasteiger partial charge in [-0.25, -0.2) is 15.0 Å². The summed E-state index contributed by atoms with van der Waals surface area (Å²) in [4.78, 5) is 32.4. The predicted octanol–water partition coefficient (Wildman–Crippen LogP) is 2.82. The third-order valence-corrected chi connectivity index (χ3v) is 7.02. The van der Waals surface area contributed by atoms with E-state index in [0.29, 0.717) is 18.0 Å². The minimum Gasteiger partial charge on any atom is -0.352 e. The Morgan fingerprint density at radius 2 is 1.97 bits per heavy atom. The van der Waals surface area contributed by atoms with E-state index in [1.165, 1.54) is 11.3 Å². The Kier molecular flexibility index (Phi) is 4.51. The predicted molar refractivity (Wildman–Crippen MR) is 115 cm³/mol. The molecule has 0 radical (unpaired) electrons. The quantitative estimate of drug-likeness (QED) is 0.502. The molecule has 0 atom stereocenters. The molecule has 0 N–H and O–H groups in total. The SMILES string of the molecule is Cc1nc(N2CCN(C(=O)c3cnc(-c4cccs4)s3)CC2)c2cnn(C)c2n1. The van der Waals surface area contributed by atoms with Crippen LogP contribution in [0, 0.1) is 6.92 Å². The van der Waals surface area contributed by atoms with Crippen LogP contribution in [0.5, 0.6) is 0 Å². The van der Waals surface area contributed by atoms with Crippen LogP contribution in [0.3, 0.4) is 0 Å². The molecule has 5 heterocycles. The molecule has 148 valence electrons. The zero-order chi connectivity index (χ0) is 20.0. The maximum absolute atomic E-state index is 12.9. The van der Waals surface area contributed by atoms with Crippen molar-refractivity contribution in [3.63, 3.8) is 0 Å². The molecule has 0 aliphatic carbocycles. The molecule has 1 aliphatic heterocycles. The number of piperazine rings is 1. The summed E-state index contributed by atoms with van der Waals surface area (Å²) in [5.74, 6) is 1.67. The van der Waals surface area contributed by atoms with Crippen LogP contribution in [0.1, 0.15) is 15.5 Å². The summed E-state index contributed by atoms with van der Waals surface area (Å²) in [5, 5.41) is 8.18. The average Bonchev–Trinajstić information content (AvgIpc) is 3.48. The highest BCUT2D eigenvalue weighted by atomic mass is 32.1. The monoisotopic (exact) mass is 425 g/mol. The van der Waals surface area contributed by atoms with Gasteiger partial charge in [0.1, 0.15) is 21.5 Å². The molecule has 0 spiro atoms. The van der Waals surface area contributed by atoms with E-state index < -0.39 is 0 Å². The number of fused-ring (bicyclic) bond motifs is 1. The van der Waals surface area contributed by atoms with E-state index in [9.17, 15) is 4.79 Å². The second kappa shape index (κ2) is 7.20. The maximum Gasteiger partial charge on any atom is 0.265 e. The van der Waals surface area contributed by atoms with Gasteiger partial charge in [-0.15, -0.1) is 22.7 Å². The Hall–Kier alpha value is -2.85. The van der Waals surface area contributed by atoms with Crippen molar-refractivity contribution in [1.82, 2.24) is 29.6 Å². The molecule has 4 aromatic rings. The van der Waals surface area contributed by atoms with Crippen molar-refractivity contribution in [3.8, 4) is 9.88 Å². The number of amides is 1. The van der Waals surface area contributed by atoms with Crippen LogP contribution in [0.4, 0.5) is 5.82 Å². The van der Waals surface area contributed by atoms with Gasteiger partial charge in [0.05, 0.1) is 22.7 Å². The van der Waals surface area contributed by atoms with Gasteiger partial charge in [-0.3, -0.25) is 9.48 Å². The first kappa shape index (κ1) is 18.2. The highest BCUT2D eigenvalue weighted by molar-refractivity contribution is 7.21. The van der Waals surface area contributed by atoms with Crippen LogP contribution < -0.4 is 4.90 Å². The Morgan fingerprint density at radius 1 is 1.14 bits per heavy atom. The van der Waals surface area contributed by atoms with E-state index in [1.54, 1.807) is 22.2 Å². The molecule has 4 aromatic heterocycles. The molecule has 5 rings (SSSR count). The number of aryl methyl sites for hydroxylation is 2. The van der Waals surface area contributed by atoms with Gasteiger partial charge >= 0.3 is 0 Å². The molecule has 10 heteroatoms. The molecule has 1 fully saturated rings. The molecular weight excluding hydrogens is 406 g/mol. The normalized spacial score (nSPS) is 14.7. The number of hydrogen-bond donors (Lipinski definition) is 0. The fraction of sp³-hybridized carbons (Fsp3) is 0.316. The fourth-order valence-electron chi connectivity index (χ4n) is 3.52. The van der Waals surface area contributed by atoms with Gasteiger partial charge in [0.2, 0.25) is 0 Å². The van der Waals surface area contributed by atoms with E-state index in [2.05, 4.69) is 25.0 Å². The first-order valence-electron chi connectivity index (χ1n) is 9.30. The minimum atomic E-state index is 0.0512. The second-order valence-corrected chi connectivity index (χ2v) is 8.86. The molecule has 0 aromatic carbocycles. The van der Waals surface area contributed by atoms with E-state index in [0.717, 1.165) is 45.6 Å². The second-order valence-electron chi connectivity index (χ2n) is 6.89. The highest BCUT2D eigenvalue weighted by Crippen LogP contribution is 2.30. The number of thiophene rings is 1. The van der Waals surface area contributed by atoms with Crippen molar-refractivity contribution in [2.75, 3.05) is 31.1 Å². The van der Waals surface area contributed by atoms with Crippen LogP contribution >= 0.6 is 22.7 Å². The summed E-state index contributed by atoms with van der Waals surface area (Å²) in [6.07, 6.45) is 3.51. The van der Waals surface area contributed by atoms with E-state index in [-0.39, 0.29) is 5.91 Å². The summed E-state index contributed by atoms with van der Waals surface area (Å²) in [6.45, 7) is 4.64. The van der Waals surface area contributed by atoms with E-state index in [4.69, 9.17) is 0 Å². The third kappa shape index (κ3) is 3.28. The molecule has 8 nitrogen and oxygen atoms in total. The van der Waals surface area contributed by atoms with Crippen LogP contribution in [-0.4, -0.2) is 61.7 Å². The summed E-state index contributed by atoms with van der Waals surface area (Å²) in [5.41, 5.74) is 0.830. The Morgan fingerprint density at radius 3 is 2.72 bits per heavy atom. The molecule has 0 saturated carbocycles. The molecule has 1 amide bonds. The molecule has 0 unspecified atom stereocenters. The number of rotatable bonds is 3. The number of thiazole rings is 1. The lowest BCUT2D eigenvalue weighted by molar-refractivity contribution is 0.0751. The van der Waals surface area contributed by atoms with Gasteiger partial charge < -0.3 is 9.80 Å².